The Bertz CT molecular complexity index is 568. The quantitative estimate of drug-likeness (QED) is 0.835. The average Bonchev–Trinajstić information content (AvgIpc) is 2.71. The zero-order valence-corrected chi connectivity index (χ0v) is 10.9. The molecule has 0 radical (unpaired) electrons. The molecule has 0 spiro atoms. The minimum absolute atomic E-state index is 0.0975. The summed E-state index contributed by atoms with van der Waals surface area (Å²) in [7, 11) is 5.23. The Morgan fingerprint density at radius 1 is 1.11 bits per heavy atom. The Hall–Kier alpha value is -1.98. The van der Waals surface area contributed by atoms with Crippen molar-refractivity contribution < 1.29 is 13.2 Å². The van der Waals surface area contributed by atoms with E-state index < -0.39 is 11.9 Å². The zero-order valence-electron chi connectivity index (χ0n) is 10.9. The highest BCUT2D eigenvalue weighted by molar-refractivity contribution is 5.68. The van der Waals surface area contributed by atoms with Gasteiger partial charge in [-0.2, -0.15) is 18.3 Å². The van der Waals surface area contributed by atoms with Crippen LogP contribution in [-0.4, -0.2) is 23.9 Å². The maximum absolute atomic E-state index is 12.9. The summed E-state index contributed by atoms with van der Waals surface area (Å²) in [6.07, 6.45) is -3.07. The summed E-state index contributed by atoms with van der Waals surface area (Å²) in [5.41, 5.74) is 0.681. The first-order valence-electron chi connectivity index (χ1n) is 5.67. The number of halogens is 3. The van der Waals surface area contributed by atoms with Crippen LogP contribution in [0.15, 0.2) is 30.5 Å². The van der Waals surface area contributed by atoms with Crippen molar-refractivity contribution in [2.24, 2.45) is 7.05 Å². The second kappa shape index (κ2) is 4.60. The van der Waals surface area contributed by atoms with Crippen LogP contribution in [0.5, 0.6) is 0 Å². The lowest BCUT2D eigenvalue weighted by Gasteiger charge is -2.13. The molecule has 2 rings (SSSR count). The summed E-state index contributed by atoms with van der Waals surface area (Å²) in [5, 5.41) is 3.50. The molecule has 0 amide bonds. The van der Waals surface area contributed by atoms with Crippen LogP contribution in [0, 0.1) is 0 Å². The van der Waals surface area contributed by atoms with Crippen molar-refractivity contribution in [3.63, 3.8) is 0 Å². The first-order valence-corrected chi connectivity index (χ1v) is 5.67. The fourth-order valence-electron chi connectivity index (χ4n) is 1.85. The molecule has 0 aliphatic carbocycles. The van der Waals surface area contributed by atoms with Crippen LogP contribution in [0.4, 0.5) is 18.9 Å². The lowest BCUT2D eigenvalue weighted by molar-refractivity contribution is -0.140. The van der Waals surface area contributed by atoms with Crippen molar-refractivity contribution in [2.45, 2.75) is 6.18 Å². The van der Waals surface area contributed by atoms with Crippen molar-refractivity contribution in [1.29, 1.82) is 0 Å². The number of hydrogen-bond acceptors (Lipinski definition) is 2. The summed E-state index contributed by atoms with van der Waals surface area (Å²) in [6.45, 7) is 0. The van der Waals surface area contributed by atoms with Gasteiger partial charge in [-0.25, -0.2) is 0 Å². The van der Waals surface area contributed by atoms with Gasteiger partial charge in [0.25, 0.3) is 0 Å². The lowest BCUT2D eigenvalue weighted by Crippen LogP contribution is -2.09. The second-order valence-corrected chi connectivity index (χ2v) is 4.50. The normalized spacial score (nSPS) is 11.7. The Labute approximate surface area is 109 Å². The van der Waals surface area contributed by atoms with Crippen LogP contribution in [0.25, 0.3) is 11.1 Å². The number of aromatic nitrogens is 2. The molecule has 0 unspecified atom stereocenters. The monoisotopic (exact) mass is 269 g/mol. The van der Waals surface area contributed by atoms with Crippen molar-refractivity contribution in [1.82, 2.24) is 9.78 Å². The summed E-state index contributed by atoms with van der Waals surface area (Å²) >= 11 is 0. The molecular weight excluding hydrogens is 255 g/mol. The minimum atomic E-state index is -4.45. The Balaban J connectivity index is 2.47. The van der Waals surface area contributed by atoms with Gasteiger partial charge in [0, 0.05) is 38.6 Å². The van der Waals surface area contributed by atoms with E-state index in [1.165, 1.54) is 17.9 Å². The first kappa shape index (κ1) is 13.5. The van der Waals surface area contributed by atoms with Gasteiger partial charge in [0.05, 0.1) is 0 Å². The fourth-order valence-corrected chi connectivity index (χ4v) is 1.85. The highest BCUT2D eigenvalue weighted by atomic mass is 19.4. The molecule has 3 nitrogen and oxygen atoms in total. The molecule has 0 N–H and O–H groups in total. The van der Waals surface area contributed by atoms with Crippen molar-refractivity contribution in [2.75, 3.05) is 19.0 Å². The van der Waals surface area contributed by atoms with Crippen LogP contribution in [0.1, 0.15) is 5.69 Å². The van der Waals surface area contributed by atoms with Crippen molar-refractivity contribution in [3.05, 3.63) is 36.2 Å². The molecule has 0 saturated heterocycles. The predicted molar refractivity (Wildman–Crippen MR) is 68.0 cm³/mol. The maximum atomic E-state index is 12.9. The van der Waals surface area contributed by atoms with Gasteiger partial charge >= 0.3 is 6.18 Å². The number of aryl methyl sites for hydroxylation is 1. The summed E-state index contributed by atoms with van der Waals surface area (Å²) in [5.74, 6) is 0. The van der Waals surface area contributed by atoms with Crippen LogP contribution < -0.4 is 4.90 Å². The SMILES string of the molecule is CN(C)c1ccc(-c2cn(C)nc2C(F)(F)F)cc1. The fraction of sp³-hybridized carbons (Fsp3) is 0.308. The summed E-state index contributed by atoms with van der Waals surface area (Å²) in [6, 6.07) is 6.90. The molecule has 2 aromatic rings. The molecule has 0 aliphatic rings. The highest BCUT2D eigenvalue weighted by Gasteiger charge is 2.37. The number of benzene rings is 1. The van der Waals surface area contributed by atoms with Crippen LogP contribution in [0.2, 0.25) is 0 Å². The van der Waals surface area contributed by atoms with Gasteiger partial charge in [0.2, 0.25) is 0 Å². The minimum Gasteiger partial charge on any atom is -0.378 e. The van der Waals surface area contributed by atoms with Crippen LogP contribution >= 0.6 is 0 Å². The van der Waals surface area contributed by atoms with Crippen LogP contribution in [0.3, 0.4) is 0 Å². The van der Waals surface area contributed by atoms with E-state index in [2.05, 4.69) is 5.10 Å². The predicted octanol–water partition coefficient (Wildman–Crippen LogP) is 3.17. The van der Waals surface area contributed by atoms with Crippen molar-refractivity contribution >= 4 is 5.69 Å². The maximum Gasteiger partial charge on any atom is 0.435 e. The molecule has 0 atom stereocenters. The van der Waals surface area contributed by atoms with Gasteiger partial charge in [-0.3, -0.25) is 4.68 Å². The molecule has 0 saturated carbocycles. The van der Waals surface area contributed by atoms with E-state index >= 15 is 0 Å². The van der Waals surface area contributed by atoms with E-state index in [-0.39, 0.29) is 5.56 Å². The van der Waals surface area contributed by atoms with E-state index in [0.717, 1.165) is 5.69 Å². The van der Waals surface area contributed by atoms with E-state index in [9.17, 15) is 13.2 Å². The van der Waals surface area contributed by atoms with Gasteiger partial charge in [-0.1, -0.05) is 12.1 Å². The molecule has 102 valence electrons. The summed E-state index contributed by atoms with van der Waals surface area (Å²) < 4.78 is 39.8. The van der Waals surface area contributed by atoms with E-state index in [4.69, 9.17) is 0 Å². The molecular formula is C13H14F3N3. The molecule has 0 aliphatic heterocycles. The lowest BCUT2D eigenvalue weighted by atomic mass is 10.1. The molecule has 1 heterocycles. The molecule has 19 heavy (non-hydrogen) atoms. The molecule has 6 heteroatoms. The molecule has 0 fully saturated rings. The molecule has 1 aromatic heterocycles. The number of nitrogens with zero attached hydrogens (tertiary/aromatic N) is 3. The standard InChI is InChI=1S/C13H14F3N3/c1-18(2)10-6-4-9(5-7-10)11-8-19(3)17-12(11)13(14,15)16/h4-8H,1-3H3. The van der Waals surface area contributed by atoms with E-state index in [0.29, 0.717) is 5.56 Å². The van der Waals surface area contributed by atoms with Gasteiger partial charge < -0.3 is 4.90 Å². The van der Waals surface area contributed by atoms with Gasteiger partial charge in [-0.05, 0) is 17.7 Å². The largest absolute Gasteiger partial charge is 0.435 e. The Morgan fingerprint density at radius 2 is 1.68 bits per heavy atom. The number of rotatable bonds is 2. The van der Waals surface area contributed by atoms with E-state index in [1.54, 1.807) is 24.3 Å². The first-order chi connectivity index (χ1) is 8.79. The average molecular weight is 269 g/mol. The third kappa shape index (κ3) is 2.72. The molecule has 1 aromatic carbocycles. The Kier molecular flexibility index (Phi) is 3.26. The van der Waals surface area contributed by atoms with E-state index in [1.807, 2.05) is 19.0 Å². The van der Waals surface area contributed by atoms with Crippen LogP contribution in [-0.2, 0) is 13.2 Å². The van der Waals surface area contributed by atoms with Gasteiger partial charge in [0.1, 0.15) is 0 Å². The summed E-state index contributed by atoms with van der Waals surface area (Å²) in [4.78, 5) is 1.89. The third-order valence-corrected chi connectivity index (χ3v) is 2.79. The van der Waals surface area contributed by atoms with Gasteiger partial charge in [0.15, 0.2) is 5.69 Å². The molecule has 0 bridgehead atoms. The number of hydrogen-bond donors (Lipinski definition) is 0. The number of alkyl halides is 3. The second-order valence-electron chi connectivity index (χ2n) is 4.50. The number of anilines is 1. The highest BCUT2D eigenvalue weighted by Crippen LogP contribution is 2.36. The Morgan fingerprint density at radius 3 is 2.16 bits per heavy atom. The zero-order chi connectivity index (χ0) is 14.2. The topological polar surface area (TPSA) is 21.1 Å². The third-order valence-electron chi connectivity index (χ3n) is 2.79. The van der Waals surface area contributed by atoms with Gasteiger partial charge in [-0.15, -0.1) is 0 Å². The van der Waals surface area contributed by atoms with Crippen molar-refractivity contribution in [3.8, 4) is 11.1 Å². The smallest absolute Gasteiger partial charge is 0.378 e.